The summed E-state index contributed by atoms with van der Waals surface area (Å²) in [6.07, 6.45) is 0. The largest absolute Gasteiger partial charge is 0.492 e. The van der Waals surface area contributed by atoms with E-state index in [4.69, 9.17) is 15.2 Å². The summed E-state index contributed by atoms with van der Waals surface area (Å²) >= 11 is 0. The molecule has 18 heavy (non-hydrogen) atoms. The Kier molecular flexibility index (Phi) is 4.99. The number of rotatable bonds is 5. The van der Waals surface area contributed by atoms with Gasteiger partial charge in [-0.05, 0) is 24.6 Å². The average Bonchev–Trinajstić information content (AvgIpc) is 2.41. The molecule has 1 unspecified atom stereocenters. The zero-order valence-electron chi connectivity index (χ0n) is 11.0. The van der Waals surface area contributed by atoms with Gasteiger partial charge < -0.3 is 15.2 Å². The normalized spacial score (nSPS) is 20.9. The van der Waals surface area contributed by atoms with Crippen LogP contribution in [0.4, 0.5) is 0 Å². The second kappa shape index (κ2) is 6.73. The third-order valence-corrected chi connectivity index (χ3v) is 3.29. The van der Waals surface area contributed by atoms with Crippen molar-refractivity contribution in [3.05, 3.63) is 29.8 Å². The van der Waals surface area contributed by atoms with E-state index in [1.807, 2.05) is 24.3 Å². The summed E-state index contributed by atoms with van der Waals surface area (Å²) in [4.78, 5) is 2.40. The molecule has 1 atom stereocenters. The molecule has 1 aliphatic rings. The van der Waals surface area contributed by atoms with Gasteiger partial charge in [-0.1, -0.05) is 12.1 Å². The van der Waals surface area contributed by atoms with Crippen LogP contribution < -0.4 is 10.5 Å². The summed E-state index contributed by atoms with van der Waals surface area (Å²) in [5, 5.41) is 0. The summed E-state index contributed by atoms with van der Waals surface area (Å²) < 4.78 is 11.2. The lowest BCUT2D eigenvalue weighted by Gasteiger charge is -2.32. The van der Waals surface area contributed by atoms with Crippen molar-refractivity contribution in [3.63, 3.8) is 0 Å². The van der Waals surface area contributed by atoms with E-state index in [2.05, 4.69) is 11.8 Å². The van der Waals surface area contributed by atoms with Crippen LogP contribution in [-0.2, 0) is 11.3 Å². The predicted octanol–water partition coefficient (Wildman–Crippen LogP) is 1.24. The first kappa shape index (κ1) is 13.3. The van der Waals surface area contributed by atoms with E-state index in [-0.39, 0.29) is 0 Å². The van der Waals surface area contributed by atoms with Gasteiger partial charge in [-0.3, -0.25) is 4.90 Å². The number of hydrogen-bond donors (Lipinski definition) is 1. The van der Waals surface area contributed by atoms with Crippen molar-refractivity contribution >= 4 is 0 Å². The maximum absolute atomic E-state index is 5.76. The van der Waals surface area contributed by atoms with Crippen LogP contribution in [0.5, 0.6) is 5.75 Å². The van der Waals surface area contributed by atoms with Gasteiger partial charge in [-0.15, -0.1) is 0 Å². The van der Waals surface area contributed by atoms with Crippen molar-refractivity contribution in [1.82, 2.24) is 4.90 Å². The Morgan fingerprint density at radius 3 is 3.17 bits per heavy atom. The van der Waals surface area contributed by atoms with Crippen molar-refractivity contribution in [2.45, 2.75) is 19.5 Å². The van der Waals surface area contributed by atoms with Gasteiger partial charge in [0.15, 0.2) is 0 Å². The molecular formula is C14H22N2O2. The van der Waals surface area contributed by atoms with Gasteiger partial charge in [0.2, 0.25) is 0 Å². The zero-order valence-corrected chi connectivity index (χ0v) is 11.0. The van der Waals surface area contributed by atoms with Crippen molar-refractivity contribution in [3.8, 4) is 5.75 Å². The molecule has 0 spiro atoms. The Morgan fingerprint density at radius 1 is 1.50 bits per heavy atom. The Labute approximate surface area is 109 Å². The zero-order chi connectivity index (χ0) is 12.8. The van der Waals surface area contributed by atoms with E-state index in [1.165, 1.54) is 0 Å². The molecule has 1 aromatic rings. The van der Waals surface area contributed by atoms with Crippen molar-refractivity contribution in [1.29, 1.82) is 0 Å². The van der Waals surface area contributed by atoms with E-state index in [1.54, 1.807) is 0 Å². The second-order valence-electron chi connectivity index (χ2n) is 4.66. The topological polar surface area (TPSA) is 47.7 Å². The molecule has 0 bridgehead atoms. The van der Waals surface area contributed by atoms with Crippen LogP contribution in [0.3, 0.4) is 0 Å². The number of benzene rings is 1. The molecule has 0 radical (unpaired) electrons. The van der Waals surface area contributed by atoms with E-state index in [0.717, 1.165) is 37.6 Å². The standard InChI is InChI=1S/C14H22N2O2/c1-12-11-17-7-5-16(12)6-8-18-14-4-2-3-13(9-14)10-15/h2-4,9,12H,5-8,10-11,15H2,1H3. The van der Waals surface area contributed by atoms with Gasteiger partial charge in [-0.2, -0.15) is 0 Å². The second-order valence-corrected chi connectivity index (χ2v) is 4.66. The predicted molar refractivity (Wildman–Crippen MR) is 71.7 cm³/mol. The third-order valence-electron chi connectivity index (χ3n) is 3.29. The quantitative estimate of drug-likeness (QED) is 0.854. The van der Waals surface area contributed by atoms with Gasteiger partial charge in [0.25, 0.3) is 0 Å². The van der Waals surface area contributed by atoms with Crippen molar-refractivity contribution < 1.29 is 9.47 Å². The fourth-order valence-corrected chi connectivity index (χ4v) is 2.14. The molecule has 1 aromatic carbocycles. The van der Waals surface area contributed by atoms with Gasteiger partial charge >= 0.3 is 0 Å². The number of hydrogen-bond acceptors (Lipinski definition) is 4. The molecule has 0 aliphatic carbocycles. The molecule has 4 nitrogen and oxygen atoms in total. The molecule has 4 heteroatoms. The lowest BCUT2D eigenvalue weighted by molar-refractivity contribution is -0.00514. The Bertz CT molecular complexity index is 371. The van der Waals surface area contributed by atoms with Gasteiger partial charge in [-0.25, -0.2) is 0 Å². The van der Waals surface area contributed by atoms with Crippen LogP contribution in [0.1, 0.15) is 12.5 Å². The fraction of sp³-hybridized carbons (Fsp3) is 0.571. The molecule has 2 N–H and O–H groups in total. The molecular weight excluding hydrogens is 228 g/mol. The minimum absolute atomic E-state index is 0.484. The van der Waals surface area contributed by atoms with Gasteiger partial charge in [0.05, 0.1) is 13.2 Å². The smallest absolute Gasteiger partial charge is 0.119 e. The summed E-state index contributed by atoms with van der Waals surface area (Å²) in [5.74, 6) is 0.902. The highest BCUT2D eigenvalue weighted by Gasteiger charge is 2.17. The fourth-order valence-electron chi connectivity index (χ4n) is 2.14. The first-order valence-corrected chi connectivity index (χ1v) is 6.53. The van der Waals surface area contributed by atoms with Crippen molar-refractivity contribution in [2.24, 2.45) is 5.73 Å². The number of morpholine rings is 1. The molecule has 0 aromatic heterocycles. The molecule has 1 saturated heterocycles. The summed E-state index contributed by atoms with van der Waals surface area (Å²) in [6.45, 7) is 7.03. The molecule has 0 amide bonds. The van der Waals surface area contributed by atoms with Crippen molar-refractivity contribution in [2.75, 3.05) is 32.9 Å². The van der Waals surface area contributed by atoms with E-state index >= 15 is 0 Å². The molecule has 1 fully saturated rings. The molecule has 1 heterocycles. The number of nitrogens with zero attached hydrogens (tertiary/aromatic N) is 1. The highest BCUT2D eigenvalue weighted by molar-refractivity contribution is 5.28. The Balaban J connectivity index is 1.77. The summed E-state index contributed by atoms with van der Waals surface area (Å²) in [7, 11) is 0. The van der Waals surface area contributed by atoms with Crippen LogP contribution >= 0.6 is 0 Å². The summed E-state index contributed by atoms with van der Waals surface area (Å²) in [5.41, 5.74) is 6.71. The molecule has 0 saturated carbocycles. The maximum atomic E-state index is 5.76. The van der Waals surface area contributed by atoms with Crippen LogP contribution in [0.2, 0.25) is 0 Å². The monoisotopic (exact) mass is 250 g/mol. The first-order valence-electron chi connectivity index (χ1n) is 6.53. The number of nitrogens with two attached hydrogens (primary N) is 1. The molecule has 1 aliphatic heterocycles. The van der Waals surface area contributed by atoms with E-state index in [9.17, 15) is 0 Å². The lowest BCUT2D eigenvalue weighted by atomic mass is 10.2. The Hall–Kier alpha value is -1.10. The SMILES string of the molecule is CC1COCCN1CCOc1cccc(CN)c1. The third kappa shape index (κ3) is 3.70. The van der Waals surface area contributed by atoms with Crippen LogP contribution in [-0.4, -0.2) is 43.9 Å². The molecule has 100 valence electrons. The highest BCUT2D eigenvalue weighted by Crippen LogP contribution is 2.13. The van der Waals surface area contributed by atoms with Crippen LogP contribution in [0, 0.1) is 0 Å². The minimum atomic E-state index is 0.484. The van der Waals surface area contributed by atoms with Gasteiger partial charge in [0, 0.05) is 25.7 Å². The average molecular weight is 250 g/mol. The Morgan fingerprint density at radius 2 is 2.39 bits per heavy atom. The van der Waals surface area contributed by atoms with Gasteiger partial charge in [0.1, 0.15) is 12.4 Å². The number of ether oxygens (including phenoxy) is 2. The first-order chi connectivity index (χ1) is 8.79. The minimum Gasteiger partial charge on any atom is -0.492 e. The van der Waals surface area contributed by atoms with E-state index < -0.39 is 0 Å². The lowest BCUT2D eigenvalue weighted by Crippen LogP contribution is -2.45. The van der Waals surface area contributed by atoms with E-state index in [0.29, 0.717) is 19.2 Å². The summed E-state index contributed by atoms with van der Waals surface area (Å²) in [6, 6.07) is 8.45. The molecule has 2 rings (SSSR count). The van der Waals surface area contributed by atoms with Crippen LogP contribution in [0.15, 0.2) is 24.3 Å². The highest BCUT2D eigenvalue weighted by atomic mass is 16.5. The van der Waals surface area contributed by atoms with Crippen LogP contribution in [0.25, 0.3) is 0 Å². The maximum Gasteiger partial charge on any atom is 0.119 e.